The molecule has 0 aliphatic heterocycles. The van der Waals surface area contributed by atoms with Crippen LogP contribution in [0.15, 0.2) is 47.6 Å². The van der Waals surface area contributed by atoms with Gasteiger partial charge in [0, 0.05) is 12.4 Å². The molecule has 3 aromatic rings. The lowest BCUT2D eigenvalue weighted by Gasteiger charge is -2.14. The number of nitrogens with zero attached hydrogens (tertiary/aromatic N) is 2. The number of aryl methyl sites for hydroxylation is 2. The van der Waals surface area contributed by atoms with Gasteiger partial charge in [0.1, 0.15) is 5.75 Å². The molecule has 0 bridgehead atoms. The molecule has 1 heterocycles. The number of hydrogen-bond acceptors (Lipinski definition) is 5. The van der Waals surface area contributed by atoms with Crippen molar-refractivity contribution in [2.24, 2.45) is 0 Å². The molecule has 0 amide bonds. The van der Waals surface area contributed by atoms with Crippen LogP contribution >= 0.6 is 0 Å². The van der Waals surface area contributed by atoms with E-state index in [1.807, 2.05) is 0 Å². The minimum Gasteiger partial charge on any atom is -0.497 e. The topological polar surface area (TPSA) is 81.2 Å². The maximum absolute atomic E-state index is 12.8. The van der Waals surface area contributed by atoms with Gasteiger partial charge in [-0.15, -0.1) is 0 Å². The van der Waals surface area contributed by atoms with Crippen LogP contribution in [-0.2, 0) is 10.0 Å². The molecular formula is C17H17N3O3S. The maximum Gasteiger partial charge on any atom is 0.262 e. The Morgan fingerprint density at radius 3 is 2.21 bits per heavy atom. The third-order valence-corrected chi connectivity index (χ3v) is 5.35. The summed E-state index contributed by atoms with van der Waals surface area (Å²) in [4.78, 5) is 8.61. The van der Waals surface area contributed by atoms with Gasteiger partial charge >= 0.3 is 0 Å². The molecule has 24 heavy (non-hydrogen) atoms. The predicted molar refractivity (Wildman–Crippen MR) is 92.8 cm³/mol. The Morgan fingerprint density at radius 2 is 1.58 bits per heavy atom. The standard InChI is InChI=1S/C17H17N3O3S/c1-11-8-14(23-3)9-12(2)17(11)24(21,22)20-13-4-5-15-16(10-13)19-7-6-18-15/h4-10,20H,1-3H3. The van der Waals surface area contributed by atoms with E-state index in [9.17, 15) is 8.42 Å². The van der Waals surface area contributed by atoms with E-state index in [1.165, 1.54) is 0 Å². The van der Waals surface area contributed by atoms with E-state index in [2.05, 4.69) is 14.7 Å². The minimum atomic E-state index is -3.72. The quantitative estimate of drug-likeness (QED) is 0.787. The summed E-state index contributed by atoms with van der Waals surface area (Å²) in [5.74, 6) is 0.630. The summed E-state index contributed by atoms with van der Waals surface area (Å²) in [6.07, 6.45) is 3.16. The molecule has 0 saturated carbocycles. The van der Waals surface area contributed by atoms with Gasteiger partial charge in [0.2, 0.25) is 0 Å². The van der Waals surface area contributed by atoms with E-state index in [-0.39, 0.29) is 4.90 Å². The fourth-order valence-corrected chi connectivity index (χ4v) is 4.19. The Balaban J connectivity index is 2.01. The zero-order valence-corrected chi connectivity index (χ0v) is 14.4. The van der Waals surface area contributed by atoms with Crippen LogP contribution < -0.4 is 9.46 Å². The first-order valence-corrected chi connectivity index (χ1v) is 8.78. The highest BCUT2D eigenvalue weighted by Gasteiger charge is 2.21. The zero-order valence-electron chi connectivity index (χ0n) is 13.6. The van der Waals surface area contributed by atoms with Gasteiger partial charge in [0.15, 0.2) is 0 Å². The van der Waals surface area contributed by atoms with Crippen LogP contribution in [0.3, 0.4) is 0 Å². The number of ether oxygens (including phenoxy) is 1. The van der Waals surface area contributed by atoms with Crippen molar-refractivity contribution in [2.45, 2.75) is 18.7 Å². The second-order valence-electron chi connectivity index (χ2n) is 5.46. The third kappa shape index (κ3) is 3.03. The van der Waals surface area contributed by atoms with E-state index >= 15 is 0 Å². The molecule has 124 valence electrons. The molecule has 0 fully saturated rings. The maximum atomic E-state index is 12.8. The zero-order chi connectivity index (χ0) is 17.3. The van der Waals surface area contributed by atoms with Gasteiger partial charge in [-0.3, -0.25) is 14.7 Å². The molecule has 1 aromatic heterocycles. The lowest BCUT2D eigenvalue weighted by Crippen LogP contribution is -2.16. The van der Waals surface area contributed by atoms with Gasteiger partial charge in [0.25, 0.3) is 10.0 Å². The van der Waals surface area contributed by atoms with Crippen LogP contribution in [0.5, 0.6) is 5.75 Å². The third-order valence-electron chi connectivity index (χ3n) is 3.66. The van der Waals surface area contributed by atoms with Crippen LogP contribution in [0.1, 0.15) is 11.1 Å². The van der Waals surface area contributed by atoms with Crippen molar-refractivity contribution in [3.05, 3.63) is 53.9 Å². The summed E-state index contributed by atoms with van der Waals surface area (Å²) in [6.45, 7) is 3.49. The average Bonchev–Trinajstić information content (AvgIpc) is 2.53. The number of nitrogens with one attached hydrogen (secondary N) is 1. The van der Waals surface area contributed by atoms with Crippen LogP contribution in [0.2, 0.25) is 0 Å². The van der Waals surface area contributed by atoms with Crippen molar-refractivity contribution in [1.82, 2.24) is 9.97 Å². The highest BCUT2D eigenvalue weighted by Crippen LogP contribution is 2.27. The van der Waals surface area contributed by atoms with Crippen molar-refractivity contribution in [3.8, 4) is 5.75 Å². The van der Waals surface area contributed by atoms with Crippen LogP contribution in [0.25, 0.3) is 11.0 Å². The first-order chi connectivity index (χ1) is 11.4. The Morgan fingerprint density at radius 1 is 0.958 bits per heavy atom. The normalized spacial score (nSPS) is 11.5. The van der Waals surface area contributed by atoms with Crippen molar-refractivity contribution in [2.75, 3.05) is 11.8 Å². The molecule has 0 unspecified atom stereocenters. The van der Waals surface area contributed by atoms with Crippen molar-refractivity contribution in [1.29, 1.82) is 0 Å². The molecule has 0 aliphatic rings. The summed E-state index contributed by atoms with van der Waals surface area (Å²) in [7, 11) is -2.17. The van der Waals surface area contributed by atoms with E-state index in [4.69, 9.17) is 4.74 Å². The fourth-order valence-electron chi connectivity index (χ4n) is 2.69. The molecule has 2 aromatic carbocycles. The van der Waals surface area contributed by atoms with Gasteiger partial charge in [-0.1, -0.05) is 0 Å². The molecule has 6 nitrogen and oxygen atoms in total. The second-order valence-corrected chi connectivity index (χ2v) is 7.07. The summed E-state index contributed by atoms with van der Waals surface area (Å²) in [6, 6.07) is 8.46. The highest BCUT2D eigenvalue weighted by atomic mass is 32.2. The Bertz CT molecular complexity index is 994. The van der Waals surface area contributed by atoms with Gasteiger partial charge in [-0.05, 0) is 55.3 Å². The minimum absolute atomic E-state index is 0.252. The first kappa shape index (κ1) is 16.2. The van der Waals surface area contributed by atoms with Crippen LogP contribution in [0, 0.1) is 13.8 Å². The lowest BCUT2D eigenvalue weighted by atomic mass is 10.1. The summed E-state index contributed by atoms with van der Waals surface area (Å²) in [5, 5.41) is 0. The SMILES string of the molecule is COc1cc(C)c(S(=O)(=O)Nc2ccc3nccnc3c2)c(C)c1. The number of aromatic nitrogens is 2. The molecule has 7 heteroatoms. The lowest BCUT2D eigenvalue weighted by molar-refractivity contribution is 0.413. The van der Waals surface area contributed by atoms with Gasteiger partial charge in [-0.2, -0.15) is 0 Å². The fraction of sp³-hybridized carbons (Fsp3) is 0.176. The largest absolute Gasteiger partial charge is 0.497 e. The van der Waals surface area contributed by atoms with E-state index < -0.39 is 10.0 Å². The van der Waals surface area contributed by atoms with Crippen molar-refractivity contribution < 1.29 is 13.2 Å². The highest BCUT2D eigenvalue weighted by molar-refractivity contribution is 7.92. The van der Waals surface area contributed by atoms with Gasteiger partial charge in [0.05, 0.1) is 28.7 Å². The predicted octanol–water partition coefficient (Wildman–Crippen LogP) is 3.06. The molecule has 3 rings (SSSR count). The van der Waals surface area contributed by atoms with Crippen LogP contribution in [0.4, 0.5) is 5.69 Å². The van der Waals surface area contributed by atoms with Gasteiger partial charge < -0.3 is 4.74 Å². The van der Waals surface area contributed by atoms with E-state index in [0.717, 1.165) is 0 Å². The summed E-state index contributed by atoms with van der Waals surface area (Å²) >= 11 is 0. The monoisotopic (exact) mass is 343 g/mol. The molecule has 0 spiro atoms. The average molecular weight is 343 g/mol. The van der Waals surface area contributed by atoms with E-state index in [1.54, 1.807) is 63.7 Å². The number of rotatable bonds is 4. The van der Waals surface area contributed by atoms with Crippen molar-refractivity contribution >= 4 is 26.7 Å². The first-order valence-electron chi connectivity index (χ1n) is 7.29. The molecule has 0 saturated heterocycles. The number of sulfonamides is 1. The molecule has 0 radical (unpaired) electrons. The number of hydrogen-bond donors (Lipinski definition) is 1. The Kier molecular flexibility index (Phi) is 4.11. The molecule has 1 N–H and O–H groups in total. The van der Waals surface area contributed by atoms with Crippen molar-refractivity contribution in [3.63, 3.8) is 0 Å². The Labute approximate surface area is 140 Å². The number of anilines is 1. The second kappa shape index (κ2) is 6.09. The molecule has 0 aliphatic carbocycles. The Hall–Kier alpha value is -2.67. The number of benzene rings is 2. The van der Waals surface area contributed by atoms with Gasteiger partial charge in [-0.25, -0.2) is 8.42 Å². The van der Waals surface area contributed by atoms with E-state index in [0.29, 0.717) is 33.6 Å². The number of fused-ring (bicyclic) bond motifs is 1. The smallest absolute Gasteiger partial charge is 0.262 e. The molecular weight excluding hydrogens is 326 g/mol. The number of methoxy groups -OCH3 is 1. The summed E-state index contributed by atoms with van der Waals surface area (Å²) < 4.78 is 33.4. The molecule has 0 atom stereocenters. The van der Waals surface area contributed by atoms with Crippen LogP contribution in [-0.4, -0.2) is 25.5 Å². The summed E-state index contributed by atoms with van der Waals surface area (Å²) in [5.41, 5.74) is 3.02.